The summed E-state index contributed by atoms with van der Waals surface area (Å²) in [6.45, 7) is 2.13. The third-order valence-electron chi connectivity index (χ3n) is 1.54. The predicted octanol–water partition coefficient (Wildman–Crippen LogP) is 3.21. The van der Waals surface area contributed by atoms with Crippen LogP contribution in [0.5, 0.6) is 0 Å². The van der Waals surface area contributed by atoms with E-state index in [9.17, 15) is 0 Å². The van der Waals surface area contributed by atoms with E-state index >= 15 is 0 Å². The molecule has 0 aliphatic carbocycles. The molecule has 1 aromatic heterocycles. The van der Waals surface area contributed by atoms with Crippen LogP contribution in [0.4, 0.5) is 0 Å². The van der Waals surface area contributed by atoms with Crippen LogP contribution in [0.25, 0.3) is 0 Å². The van der Waals surface area contributed by atoms with Crippen molar-refractivity contribution < 1.29 is 4.42 Å². The molecule has 0 saturated carbocycles. The van der Waals surface area contributed by atoms with Crippen LogP contribution >= 0.6 is 17.9 Å². The van der Waals surface area contributed by atoms with Gasteiger partial charge in [0.05, 0.1) is 0 Å². The van der Waals surface area contributed by atoms with Crippen molar-refractivity contribution in [1.29, 1.82) is 0 Å². The van der Waals surface area contributed by atoms with Crippen molar-refractivity contribution in [3.8, 4) is 0 Å². The molecule has 0 radical (unpaired) electrons. The molecule has 4 heteroatoms. The first-order chi connectivity index (χ1) is 5.67. The molecule has 0 bridgehead atoms. The zero-order valence-electron chi connectivity index (χ0n) is 6.93. The Bertz CT molecular complexity index is 221. The van der Waals surface area contributed by atoms with Crippen LogP contribution in [0, 0.1) is 0 Å². The van der Waals surface area contributed by atoms with Gasteiger partial charge in [0.1, 0.15) is 0 Å². The van der Waals surface area contributed by atoms with Crippen LogP contribution in [0.15, 0.2) is 22.8 Å². The summed E-state index contributed by atoms with van der Waals surface area (Å²) in [5.74, 6) is 0. The molecule has 0 N–H and O–H groups in total. The van der Waals surface area contributed by atoms with Crippen molar-refractivity contribution in [3.63, 3.8) is 0 Å². The van der Waals surface area contributed by atoms with Gasteiger partial charge >= 0.3 is 84.7 Å². The Morgan fingerprint density at radius 2 is 2.25 bits per heavy atom. The third kappa shape index (κ3) is 2.85. The number of rotatable bonds is 4. The van der Waals surface area contributed by atoms with E-state index in [-0.39, 0.29) is 0 Å². The molecule has 0 spiro atoms. The molecule has 1 aromatic rings. The predicted molar refractivity (Wildman–Crippen MR) is 55.5 cm³/mol. The molecule has 0 aromatic carbocycles. The van der Waals surface area contributed by atoms with Crippen molar-refractivity contribution >= 4 is 37.7 Å². The van der Waals surface area contributed by atoms with Gasteiger partial charge in [0.2, 0.25) is 0 Å². The molecule has 1 rings (SSSR count). The fraction of sp³-hybridized carbons (Fsp3) is 0.500. The van der Waals surface area contributed by atoms with Crippen LogP contribution in [-0.4, -0.2) is 15.9 Å². The van der Waals surface area contributed by atoms with Gasteiger partial charge in [0.15, 0.2) is 0 Å². The summed E-state index contributed by atoms with van der Waals surface area (Å²) in [6.07, 6.45) is 3.86. The fourth-order valence-electron chi connectivity index (χ4n) is 0.860. The number of hydrogen-bond acceptors (Lipinski definition) is 1. The second kappa shape index (κ2) is 4.77. The van der Waals surface area contributed by atoms with E-state index in [4.69, 9.17) is 22.3 Å². The van der Waals surface area contributed by atoms with Crippen molar-refractivity contribution in [2.45, 2.75) is 24.2 Å². The van der Waals surface area contributed by atoms with E-state index in [2.05, 4.69) is 6.92 Å². The average Bonchev–Trinajstić information content (AvgIpc) is 2.53. The van der Waals surface area contributed by atoms with Crippen LogP contribution in [0.3, 0.4) is 0 Å². The van der Waals surface area contributed by atoms with Crippen molar-refractivity contribution in [3.05, 3.63) is 18.4 Å². The second-order valence-electron chi connectivity index (χ2n) is 2.56. The molecular weight excluding hydrogens is 311 g/mol. The molecule has 0 saturated heterocycles. The van der Waals surface area contributed by atoms with Crippen LogP contribution in [0.2, 0.25) is 4.47 Å². The van der Waals surface area contributed by atoms with Crippen LogP contribution in [0.1, 0.15) is 19.8 Å². The Morgan fingerprint density at radius 1 is 1.50 bits per heavy atom. The van der Waals surface area contributed by atoms with Gasteiger partial charge in [-0.1, -0.05) is 0 Å². The first kappa shape index (κ1) is 10.7. The minimum atomic E-state index is -2.79. The molecular formula is C8H12Cl2OTe. The number of unbranched alkanes of at least 4 members (excludes halogenated alkanes) is 1. The topological polar surface area (TPSA) is 13.1 Å². The van der Waals surface area contributed by atoms with Crippen LogP contribution in [-0.2, 0) is 0 Å². The van der Waals surface area contributed by atoms with Crippen LogP contribution < -0.4 is 3.81 Å². The van der Waals surface area contributed by atoms with Gasteiger partial charge < -0.3 is 0 Å². The standard InChI is InChI=1S/C8H12Cl2OTe/c1-2-3-7-12(9,10)8-5-4-6-11-8/h4-6H,2-3,7H2,1H3. The molecule has 70 valence electrons. The van der Waals surface area contributed by atoms with Gasteiger partial charge in [-0.15, -0.1) is 0 Å². The first-order valence-corrected chi connectivity index (χ1v) is 12.6. The van der Waals surface area contributed by atoms with Gasteiger partial charge in [0.25, 0.3) is 0 Å². The Balaban J connectivity index is 2.59. The fourth-order valence-corrected chi connectivity index (χ4v) is 7.29. The Morgan fingerprint density at radius 3 is 2.75 bits per heavy atom. The summed E-state index contributed by atoms with van der Waals surface area (Å²) in [5.41, 5.74) is 0. The van der Waals surface area contributed by atoms with Crippen molar-refractivity contribution in [2.75, 3.05) is 0 Å². The first-order valence-electron chi connectivity index (χ1n) is 3.90. The van der Waals surface area contributed by atoms with E-state index in [0.717, 1.165) is 21.1 Å². The van der Waals surface area contributed by atoms with Gasteiger partial charge in [0, 0.05) is 0 Å². The normalized spacial score (nSPS) is 13.2. The second-order valence-corrected chi connectivity index (χ2v) is 16.3. The molecule has 0 amide bonds. The van der Waals surface area contributed by atoms with Gasteiger partial charge in [-0.2, -0.15) is 0 Å². The molecule has 1 heterocycles. The molecule has 1 nitrogen and oxygen atoms in total. The zero-order valence-corrected chi connectivity index (χ0v) is 10.8. The Hall–Kier alpha value is 0.650. The summed E-state index contributed by atoms with van der Waals surface area (Å²) in [6, 6.07) is 3.73. The zero-order chi connectivity index (χ0) is 9.03. The maximum absolute atomic E-state index is 6.24. The quantitative estimate of drug-likeness (QED) is 0.776. The number of furan rings is 1. The van der Waals surface area contributed by atoms with E-state index in [1.165, 1.54) is 0 Å². The number of hydrogen-bond donors (Lipinski definition) is 0. The van der Waals surface area contributed by atoms with E-state index in [1.807, 2.05) is 12.1 Å². The molecule has 0 atom stereocenters. The summed E-state index contributed by atoms with van der Waals surface area (Å²) in [5, 5.41) is 0. The molecule has 0 fully saturated rings. The summed E-state index contributed by atoms with van der Waals surface area (Å²) in [7, 11) is 12.5. The SMILES string of the molecule is CCCC[Te](Cl)(Cl)c1ccco1. The van der Waals surface area contributed by atoms with Crippen molar-refractivity contribution in [1.82, 2.24) is 0 Å². The van der Waals surface area contributed by atoms with Gasteiger partial charge in [-0.05, 0) is 0 Å². The molecule has 0 unspecified atom stereocenters. The Kier molecular flexibility index (Phi) is 4.26. The molecule has 0 aliphatic heterocycles. The average molecular weight is 323 g/mol. The maximum atomic E-state index is 6.24. The van der Waals surface area contributed by atoms with Gasteiger partial charge in [-0.3, -0.25) is 0 Å². The summed E-state index contributed by atoms with van der Waals surface area (Å²) < 4.78 is 6.97. The van der Waals surface area contributed by atoms with E-state index < -0.39 is 15.9 Å². The monoisotopic (exact) mass is 324 g/mol. The van der Waals surface area contributed by atoms with Gasteiger partial charge in [-0.25, -0.2) is 0 Å². The van der Waals surface area contributed by atoms with Crippen molar-refractivity contribution in [2.24, 2.45) is 0 Å². The number of halogens is 2. The Labute approximate surface area is 84.3 Å². The summed E-state index contributed by atoms with van der Waals surface area (Å²) >= 11 is -2.79. The summed E-state index contributed by atoms with van der Waals surface area (Å²) in [4.78, 5) is 0. The molecule has 0 aliphatic rings. The minimum absolute atomic E-state index is 0.828. The third-order valence-corrected chi connectivity index (χ3v) is 10.3. The van der Waals surface area contributed by atoms with E-state index in [0.29, 0.717) is 0 Å². The van der Waals surface area contributed by atoms with E-state index in [1.54, 1.807) is 6.26 Å². The molecule has 12 heavy (non-hydrogen) atoms.